The van der Waals surface area contributed by atoms with Crippen molar-refractivity contribution in [2.45, 2.75) is 26.4 Å². The van der Waals surface area contributed by atoms with Crippen molar-refractivity contribution < 1.29 is 9.53 Å². The molecule has 0 spiro atoms. The quantitative estimate of drug-likeness (QED) is 0.674. The van der Waals surface area contributed by atoms with Gasteiger partial charge in [0.1, 0.15) is 0 Å². The maximum Gasteiger partial charge on any atom is 0.220 e. The second kappa shape index (κ2) is 6.86. The molecule has 1 unspecified atom stereocenters. The summed E-state index contributed by atoms with van der Waals surface area (Å²) in [6.45, 7) is 6.45. The molecule has 1 rings (SSSR count). The van der Waals surface area contributed by atoms with E-state index in [-0.39, 0.29) is 12.0 Å². The molecule has 4 nitrogen and oxygen atoms in total. The normalized spacial score (nSPS) is 23.2. The largest absolute Gasteiger partial charge is 0.375 e. The molecule has 1 atom stereocenters. The molecule has 0 aromatic heterocycles. The predicted octanol–water partition coefficient (Wildman–Crippen LogP) is 0.219. The molecule has 2 N–H and O–H groups in total. The van der Waals surface area contributed by atoms with Gasteiger partial charge in [-0.15, -0.1) is 0 Å². The van der Waals surface area contributed by atoms with Crippen LogP contribution >= 0.6 is 0 Å². The zero-order valence-electron chi connectivity index (χ0n) is 8.75. The van der Waals surface area contributed by atoms with Gasteiger partial charge in [-0.2, -0.15) is 0 Å². The van der Waals surface area contributed by atoms with Gasteiger partial charge in [-0.25, -0.2) is 0 Å². The van der Waals surface area contributed by atoms with E-state index in [2.05, 4.69) is 4.90 Å². The van der Waals surface area contributed by atoms with E-state index in [0.717, 1.165) is 13.1 Å². The molecule has 0 aliphatic carbocycles. The third-order valence-electron chi connectivity index (χ3n) is 1.77. The summed E-state index contributed by atoms with van der Waals surface area (Å²) in [5.41, 5.74) is 5.03. The van der Waals surface area contributed by atoms with Crippen LogP contribution in [0.1, 0.15) is 20.3 Å². The molecule has 0 aromatic rings. The summed E-state index contributed by atoms with van der Waals surface area (Å²) in [6.07, 6.45) is 0.343. The summed E-state index contributed by atoms with van der Waals surface area (Å²) in [5, 5.41) is 0. The van der Waals surface area contributed by atoms with Crippen molar-refractivity contribution in [3.05, 3.63) is 0 Å². The smallest absolute Gasteiger partial charge is 0.220 e. The van der Waals surface area contributed by atoms with Gasteiger partial charge in [0, 0.05) is 13.1 Å². The maximum absolute atomic E-state index is 10.5. The van der Waals surface area contributed by atoms with Gasteiger partial charge in [0.25, 0.3) is 0 Å². The van der Waals surface area contributed by atoms with Crippen molar-refractivity contribution in [2.75, 3.05) is 26.7 Å². The molecule has 1 heterocycles. The lowest BCUT2D eigenvalue weighted by Gasteiger charge is -2.29. The molecular formula is C9H20N2O2. The lowest BCUT2D eigenvalue weighted by atomic mass is 10.2. The predicted molar refractivity (Wildman–Crippen MR) is 52.4 cm³/mol. The van der Waals surface area contributed by atoms with Gasteiger partial charge in [-0.3, -0.25) is 4.79 Å². The van der Waals surface area contributed by atoms with Gasteiger partial charge in [0.15, 0.2) is 0 Å². The number of hydrogen-bond acceptors (Lipinski definition) is 3. The molecule has 1 fully saturated rings. The van der Waals surface area contributed by atoms with Crippen molar-refractivity contribution in [3.8, 4) is 0 Å². The van der Waals surface area contributed by atoms with Crippen LogP contribution < -0.4 is 5.73 Å². The summed E-state index contributed by atoms with van der Waals surface area (Å²) in [4.78, 5) is 12.6. The van der Waals surface area contributed by atoms with E-state index in [1.54, 1.807) is 0 Å². The lowest BCUT2D eigenvalue weighted by Crippen LogP contribution is -2.41. The molecule has 1 aliphatic rings. The van der Waals surface area contributed by atoms with Crippen LogP contribution in [-0.2, 0) is 9.53 Å². The first kappa shape index (κ1) is 12.4. The van der Waals surface area contributed by atoms with Crippen molar-refractivity contribution in [1.82, 2.24) is 4.90 Å². The fourth-order valence-electron chi connectivity index (χ4n) is 1.21. The number of nitrogens with zero attached hydrogens (tertiary/aromatic N) is 1. The number of primary amides is 1. The van der Waals surface area contributed by atoms with Crippen LogP contribution in [0.2, 0.25) is 0 Å². The minimum atomic E-state index is -0.287. The zero-order chi connectivity index (χ0) is 10.3. The summed E-state index contributed by atoms with van der Waals surface area (Å²) in [5.74, 6) is -0.287. The van der Waals surface area contributed by atoms with Gasteiger partial charge in [0.2, 0.25) is 5.91 Å². The average Bonchev–Trinajstić information content (AvgIpc) is 2.06. The molecular weight excluding hydrogens is 168 g/mol. The Kier molecular flexibility index (Phi) is 6.54. The number of carbonyl (C=O) groups is 1. The number of carbonyl (C=O) groups excluding carboxylic acids is 1. The Balaban J connectivity index is 0.000000671. The molecule has 1 saturated heterocycles. The number of ether oxygens (including phenoxy) is 1. The standard InChI is InChI=1S/C7H14N2O2.C2H6/c1-9-2-3-11-6(5-9)4-7(8)10;1-2/h6H,2-5H2,1H3,(H2,8,10);1-2H3. The van der Waals surface area contributed by atoms with Crippen molar-refractivity contribution in [3.63, 3.8) is 0 Å². The third-order valence-corrected chi connectivity index (χ3v) is 1.77. The summed E-state index contributed by atoms with van der Waals surface area (Å²) in [7, 11) is 2.01. The SMILES string of the molecule is CC.CN1CCOC(CC(N)=O)C1. The van der Waals surface area contributed by atoms with Gasteiger partial charge >= 0.3 is 0 Å². The molecule has 0 radical (unpaired) electrons. The summed E-state index contributed by atoms with van der Waals surface area (Å²) < 4.78 is 5.32. The van der Waals surface area contributed by atoms with E-state index in [0.29, 0.717) is 13.0 Å². The topological polar surface area (TPSA) is 55.6 Å². The van der Waals surface area contributed by atoms with E-state index in [1.807, 2.05) is 20.9 Å². The highest BCUT2D eigenvalue weighted by molar-refractivity contribution is 5.74. The van der Waals surface area contributed by atoms with E-state index >= 15 is 0 Å². The van der Waals surface area contributed by atoms with Crippen LogP contribution in [0.4, 0.5) is 0 Å². The minimum Gasteiger partial charge on any atom is -0.375 e. The third kappa shape index (κ3) is 5.60. The Morgan fingerprint density at radius 3 is 2.69 bits per heavy atom. The Morgan fingerprint density at radius 1 is 1.62 bits per heavy atom. The van der Waals surface area contributed by atoms with Crippen LogP contribution in [0.5, 0.6) is 0 Å². The van der Waals surface area contributed by atoms with E-state index in [4.69, 9.17) is 10.5 Å². The van der Waals surface area contributed by atoms with Crippen LogP contribution in [0.25, 0.3) is 0 Å². The molecule has 78 valence electrons. The highest BCUT2D eigenvalue weighted by Gasteiger charge is 2.18. The second-order valence-electron chi connectivity index (χ2n) is 2.93. The van der Waals surface area contributed by atoms with Crippen LogP contribution in [-0.4, -0.2) is 43.7 Å². The van der Waals surface area contributed by atoms with Crippen LogP contribution in [0.3, 0.4) is 0 Å². The second-order valence-corrected chi connectivity index (χ2v) is 2.93. The molecule has 13 heavy (non-hydrogen) atoms. The molecule has 4 heteroatoms. The van der Waals surface area contributed by atoms with Crippen molar-refractivity contribution in [2.24, 2.45) is 5.73 Å². The number of nitrogens with two attached hydrogens (primary N) is 1. The number of rotatable bonds is 2. The first-order valence-corrected chi connectivity index (χ1v) is 4.77. The zero-order valence-corrected chi connectivity index (χ0v) is 8.75. The summed E-state index contributed by atoms with van der Waals surface area (Å²) in [6, 6.07) is 0. The van der Waals surface area contributed by atoms with Gasteiger partial charge in [-0.1, -0.05) is 13.8 Å². The molecule has 0 bridgehead atoms. The molecule has 1 aliphatic heterocycles. The van der Waals surface area contributed by atoms with Crippen molar-refractivity contribution >= 4 is 5.91 Å². The maximum atomic E-state index is 10.5. The Morgan fingerprint density at radius 2 is 2.23 bits per heavy atom. The van der Waals surface area contributed by atoms with E-state index < -0.39 is 0 Å². The highest BCUT2D eigenvalue weighted by Crippen LogP contribution is 2.05. The monoisotopic (exact) mass is 188 g/mol. The average molecular weight is 188 g/mol. The Hall–Kier alpha value is -0.610. The molecule has 0 saturated carbocycles. The van der Waals surface area contributed by atoms with Crippen molar-refractivity contribution in [1.29, 1.82) is 0 Å². The van der Waals surface area contributed by atoms with Crippen LogP contribution in [0.15, 0.2) is 0 Å². The van der Waals surface area contributed by atoms with Gasteiger partial charge < -0.3 is 15.4 Å². The first-order chi connectivity index (χ1) is 6.18. The molecule has 0 aromatic carbocycles. The Bertz CT molecular complexity index is 151. The number of hydrogen-bond donors (Lipinski definition) is 1. The van der Waals surface area contributed by atoms with Gasteiger partial charge in [0.05, 0.1) is 19.1 Å². The minimum absolute atomic E-state index is 0.00579. The van der Waals surface area contributed by atoms with Gasteiger partial charge in [-0.05, 0) is 7.05 Å². The first-order valence-electron chi connectivity index (χ1n) is 4.77. The van der Waals surface area contributed by atoms with E-state index in [1.165, 1.54) is 0 Å². The number of morpholine rings is 1. The van der Waals surface area contributed by atoms with E-state index in [9.17, 15) is 4.79 Å². The number of likely N-dealkylation sites (N-methyl/N-ethyl adjacent to an activating group) is 1. The Labute approximate surface area is 80.0 Å². The fourth-order valence-corrected chi connectivity index (χ4v) is 1.21. The fraction of sp³-hybridized carbons (Fsp3) is 0.889. The summed E-state index contributed by atoms with van der Waals surface area (Å²) >= 11 is 0. The highest BCUT2D eigenvalue weighted by atomic mass is 16.5. The molecule has 1 amide bonds. The number of amides is 1. The van der Waals surface area contributed by atoms with Crippen LogP contribution in [0, 0.1) is 0 Å². The lowest BCUT2D eigenvalue weighted by molar-refractivity contribution is -0.122.